The van der Waals surface area contributed by atoms with E-state index >= 15 is 0 Å². The Morgan fingerprint density at radius 2 is 1.67 bits per heavy atom. The second-order valence-electron chi connectivity index (χ2n) is 8.00. The number of benzene rings is 1. The van der Waals surface area contributed by atoms with Crippen molar-refractivity contribution in [1.82, 2.24) is 20.9 Å². The molecule has 12 heteroatoms. The minimum Gasteiger partial charge on any atom is -0.481 e. The van der Waals surface area contributed by atoms with Gasteiger partial charge < -0.3 is 25.8 Å². The van der Waals surface area contributed by atoms with Crippen LogP contribution in [0.4, 0.5) is 4.79 Å². The molecule has 1 aliphatic heterocycles. The van der Waals surface area contributed by atoms with E-state index in [1.807, 2.05) is 24.3 Å². The number of nitrogens with one attached hydrogen (secondary N) is 3. The highest BCUT2D eigenvalue weighted by Gasteiger charge is 2.36. The Labute approximate surface area is 217 Å². The largest absolute Gasteiger partial charge is 0.481 e. The van der Waals surface area contributed by atoms with E-state index in [4.69, 9.17) is 9.84 Å². The van der Waals surface area contributed by atoms with Crippen LogP contribution in [-0.4, -0.2) is 66.0 Å². The third kappa shape index (κ3) is 8.67. The monoisotopic (exact) mass is 566 g/mol. The molecule has 4 amide bonds. The molecule has 0 saturated carbocycles. The number of allylic oxidation sites excluding steroid dienone is 1. The summed E-state index contributed by atoms with van der Waals surface area (Å²) in [6, 6.07) is 6.23. The van der Waals surface area contributed by atoms with E-state index in [1.165, 1.54) is 4.90 Å². The fraction of sp³-hybridized carbons (Fsp3) is 0.458. The molecule has 1 aliphatic rings. The third-order valence-electron chi connectivity index (χ3n) is 5.42. The van der Waals surface area contributed by atoms with Crippen molar-refractivity contribution in [2.75, 3.05) is 26.2 Å². The smallest absolute Gasteiger partial charge is 0.338 e. The Morgan fingerprint density at radius 3 is 2.28 bits per heavy atom. The van der Waals surface area contributed by atoms with Crippen molar-refractivity contribution in [3.63, 3.8) is 0 Å². The van der Waals surface area contributed by atoms with E-state index in [0.29, 0.717) is 17.7 Å². The summed E-state index contributed by atoms with van der Waals surface area (Å²) in [5.74, 6) is -2.17. The van der Waals surface area contributed by atoms with Crippen LogP contribution in [0.1, 0.15) is 51.1 Å². The third-order valence-corrected chi connectivity index (χ3v) is 5.94. The molecule has 0 bridgehead atoms. The molecule has 1 aromatic rings. The number of carbonyl (C=O) groups excluding carboxylic acids is 4. The van der Waals surface area contributed by atoms with Crippen LogP contribution in [0, 0.1) is 0 Å². The number of urea groups is 1. The maximum absolute atomic E-state index is 12.9. The van der Waals surface area contributed by atoms with E-state index in [1.54, 1.807) is 13.8 Å². The first kappa shape index (κ1) is 28.8. The van der Waals surface area contributed by atoms with Crippen LogP contribution < -0.4 is 16.0 Å². The number of esters is 1. The first-order chi connectivity index (χ1) is 17.1. The maximum atomic E-state index is 12.9. The molecular weight excluding hydrogens is 536 g/mol. The number of nitrogens with zero attached hydrogens (tertiary/aromatic N) is 1. The summed E-state index contributed by atoms with van der Waals surface area (Å²) < 4.78 is 6.11. The molecule has 11 nitrogen and oxygen atoms in total. The number of carbonyl (C=O) groups is 5. The summed E-state index contributed by atoms with van der Waals surface area (Å²) in [6.07, 6.45) is 0.308. The molecule has 1 unspecified atom stereocenters. The van der Waals surface area contributed by atoms with Crippen molar-refractivity contribution in [1.29, 1.82) is 0 Å². The molecule has 0 aliphatic carbocycles. The average Bonchev–Trinajstić information content (AvgIpc) is 2.81. The molecule has 0 radical (unpaired) electrons. The number of aliphatic carboxylic acids is 1. The van der Waals surface area contributed by atoms with E-state index in [2.05, 4.69) is 31.9 Å². The number of carboxylic acids is 1. The number of hydrogen-bond donors (Lipinski definition) is 4. The minimum atomic E-state index is -1.01. The van der Waals surface area contributed by atoms with Crippen LogP contribution in [0.2, 0.25) is 0 Å². The van der Waals surface area contributed by atoms with E-state index in [-0.39, 0.29) is 63.3 Å². The molecular formula is C24H31BrN4O7. The molecule has 0 fully saturated rings. The summed E-state index contributed by atoms with van der Waals surface area (Å²) in [5, 5.41) is 16.5. The Hall–Kier alpha value is -3.41. The van der Waals surface area contributed by atoms with Gasteiger partial charge in [0.15, 0.2) is 0 Å². The lowest BCUT2D eigenvalue weighted by Crippen LogP contribution is -2.48. The number of rotatable bonds is 13. The summed E-state index contributed by atoms with van der Waals surface area (Å²) in [4.78, 5) is 61.3. The van der Waals surface area contributed by atoms with Crippen molar-refractivity contribution in [3.05, 3.63) is 45.6 Å². The van der Waals surface area contributed by atoms with Crippen molar-refractivity contribution in [2.24, 2.45) is 0 Å². The Balaban J connectivity index is 1.94. The Kier molecular flexibility index (Phi) is 11.4. The van der Waals surface area contributed by atoms with Gasteiger partial charge >= 0.3 is 18.0 Å². The molecule has 0 saturated heterocycles. The van der Waals surface area contributed by atoms with Gasteiger partial charge in [-0.25, -0.2) is 9.59 Å². The van der Waals surface area contributed by atoms with Crippen molar-refractivity contribution in [3.8, 4) is 0 Å². The van der Waals surface area contributed by atoms with Crippen LogP contribution in [0.3, 0.4) is 0 Å². The summed E-state index contributed by atoms with van der Waals surface area (Å²) in [7, 11) is 0. The van der Waals surface area contributed by atoms with Gasteiger partial charge in [0.1, 0.15) is 0 Å². The van der Waals surface area contributed by atoms with Crippen LogP contribution in [0.25, 0.3) is 0 Å². The molecule has 1 heterocycles. The summed E-state index contributed by atoms with van der Waals surface area (Å²) in [6.45, 7) is 3.93. The van der Waals surface area contributed by atoms with Gasteiger partial charge in [0.25, 0.3) is 0 Å². The normalized spacial score (nSPS) is 15.2. The minimum absolute atomic E-state index is 0.0298. The highest BCUT2D eigenvalue weighted by molar-refractivity contribution is 9.10. The van der Waals surface area contributed by atoms with Crippen LogP contribution in [-0.2, 0) is 23.9 Å². The first-order valence-electron chi connectivity index (χ1n) is 11.6. The fourth-order valence-electron chi connectivity index (χ4n) is 3.63. The molecule has 0 spiro atoms. The number of amides is 4. The second-order valence-corrected chi connectivity index (χ2v) is 8.92. The predicted molar refractivity (Wildman–Crippen MR) is 134 cm³/mol. The quantitative estimate of drug-likeness (QED) is 0.267. The van der Waals surface area contributed by atoms with Crippen LogP contribution in [0.5, 0.6) is 0 Å². The first-order valence-corrected chi connectivity index (χ1v) is 12.4. The van der Waals surface area contributed by atoms with Gasteiger partial charge in [-0.1, -0.05) is 28.1 Å². The number of hydrogen-bond acceptors (Lipinski definition) is 6. The molecule has 2 rings (SSSR count). The number of carboxylic acid groups (broad SMARTS) is 1. The lowest BCUT2D eigenvalue weighted by molar-refractivity contribution is -0.139. The molecule has 36 heavy (non-hydrogen) atoms. The van der Waals surface area contributed by atoms with Gasteiger partial charge in [0.05, 0.1) is 24.6 Å². The van der Waals surface area contributed by atoms with Gasteiger partial charge in [0, 0.05) is 42.6 Å². The second kappa shape index (κ2) is 14.2. The average molecular weight is 567 g/mol. The predicted octanol–water partition coefficient (Wildman–Crippen LogP) is 2.23. The summed E-state index contributed by atoms with van der Waals surface area (Å²) >= 11 is 3.38. The topological polar surface area (TPSA) is 154 Å². The molecule has 1 atom stereocenters. The van der Waals surface area contributed by atoms with Gasteiger partial charge in [0.2, 0.25) is 11.8 Å². The SMILES string of the molecule is CCOC(=O)C1=C(C)N(CCCC(=O)NCCC(=O)NCCC(=O)O)C(=O)NC1c1ccc(Br)cc1. The fourth-order valence-corrected chi connectivity index (χ4v) is 3.89. The highest BCUT2D eigenvalue weighted by atomic mass is 79.9. The van der Waals surface area contributed by atoms with E-state index in [9.17, 15) is 24.0 Å². The van der Waals surface area contributed by atoms with Crippen molar-refractivity contribution in [2.45, 2.75) is 45.6 Å². The van der Waals surface area contributed by atoms with Crippen molar-refractivity contribution < 1.29 is 33.8 Å². The molecule has 1 aromatic carbocycles. The Bertz CT molecular complexity index is 1010. The van der Waals surface area contributed by atoms with Crippen LogP contribution >= 0.6 is 15.9 Å². The number of halogens is 1. The zero-order chi connectivity index (χ0) is 26.7. The Morgan fingerprint density at radius 1 is 1.06 bits per heavy atom. The zero-order valence-corrected chi connectivity index (χ0v) is 21.9. The molecule has 4 N–H and O–H groups in total. The number of ether oxygens (including phenoxy) is 1. The zero-order valence-electron chi connectivity index (χ0n) is 20.3. The van der Waals surface area contributed by atoms with Gasteiger partial charge in [-0.15, -0.1) is 0 Å². The molecule has 0 aromatic heterocycles. The lowest BCUT2D eigenvalue weighted by Gasteiger charge is -2.35. The summed E-state index contributed by atoms with van der Waals surface area (Å²) in [5.41, 5.74) is 1.53. The van der Waals surface area contributed by atoms with Gasteiger partial charge in [-0.3, -0.25) is 19.3 Å². The van der Waals surface area contributed by atoms with E-state index < -0.39 is 18.0 Å². The van der Waals surface area contributed by atoms with E-state index in [0.717, 1.165) is 10.0 Å². The standard InChI is InChI=1S/C24H31BrN4O7/c1-3-36-23(34)21-15(2)29(24(35)28-22(21)16-6-8-17(25)9-7-16)14-4-5-18(30)26-12-10-19(31)27-13-11-20(32)33/h6-9,22H,3-5,10-14H2,1-2H3,(H,26,30)(H,27,31)(H,28,35)(H,32,33). The van der Waals surface area contributed by atoms with Crippen LogP contribution in [0.15, 0.2) is 40.0 Å². The van der Waals surface area contributed by atoms with Gasteiger partial charge in [-0.2, -0.15) is 0 Å². The van der Waals surface area contributed by atoms with Crippen molar-refractivity contribution >= 4 is 45.7 Å². The maximum Gasteiger partial charge on any atom is 0.338 e. The highest BCUT2D eigenvalue weighted by Crippen LogP contribution is 2.32. The lowest BCUT2D eigenvalue weighted by atomic mass is 9.95. The van der Waals surface area contributed by atoms with Gasteiger partial charge in [-0.05, 0) is 38.0 Å². The molecule has 196 valence electrons.